The lowest BCUT2D eigenvalue weighted by Gasteiger charge is -2.08. The summed E-state index contributed by atoms with van der Waals surface area (Å²) in [5.41, 5.74) is 1.95. The normalized spacial score (nSPS) is 10.2. The number of ether oxygens (including phenoxy) is 1. The first-order chi connectivity index (χ1) is 11.6. The molecular weight excluding hydrogens is 370 g/mol. The van der Waals surface area contributed by atoms with Gasteiger partial charge in [-0.15, -0.1) is 0 Å². The molecule has 1 aromatic carbocycles. The fourth-order valence-electron chi connectivity index (χ4n) is 2.01. The molecule has 0 aliphatic carbocycles. The van der Waals surface area contributed by atoms with E-state index in [-0.39, 0.29) is 5.91 Å². The third kappa shape index (κ3) is 3.97. The average Bonchev–Trinajstić information content (AvgIpc) is 2.59. The van der Waals surface area contributed by atoms with Crippen LogP contribution in [0, 0.1) is 6.92 Å². The van der Waals surface area contributed by atoms with E-state index in [0.29, 0.717) is 22.9 Å². The van der Waals surface area contributed by atoms with Gasteiger partial charge in [-0.2, -0.15) is 0 Å². The summed E-state index contributed by atoms with van der Waals surface area (Å²) in [6.45, 7) is 1.86. The van der Waals surface area contributed by atoms with Crippen LogP contribution in [-0.4, -0.2) is 15.9 Å². The van der Waals surface area contributed by atoms with Crippen LogP contribution in [0.3, 0.4) is 0 Å². The van der Waals surface area contributed by atoms with Crippen LogP contribution in [0.25, 0.3) is 0 Å². The molecule has 0 spiro atoms. The van der Waals surface area contributed by atoms with Crippen molar-refractivity contribution in [3.8, 4) is 11.6 Å². The number of hydrogen-bond acceptors (Lipinski definition) is 4. The van der Waals surface area contributed by atoms with Gasteiger partial charge in [-0.25, -0.2) is 4.98 Å². The monoisotopic (exact) mass is 383 g/mol. The highest BCUT2D eigenvalue weighted by Crippen LogP contribution is 2.22. The van der Waals surface area contributed by atoms with E-state index in [4.69, 9.17) is 4.74 Å². The van der Waals surface area contributed by atoms with Gasteiger partial charge in [0.2, 0.25) is 5.88 Å². The van der Waals surface area contributed by atoms with Crippen molar-refractivity contribution in [1.82, 2.24) is 9.97 Å². The first-order valence-electron chi connectivity index (χ1n) is 7.24. The van der Waals surface area contributed by atoms with E-state index in [1.165, 1.54) is 0 Å². The Labute approximate surface area is 147 Å². The van der Waals surface area contributed by atoms with Gasteiger partial charge in [0.25, 0.3) is 5.91 Å². The van der Waals surface area contributed by atoms with Gasteiger partial charge in [0.15, 0.2) is 5.75 Å². The molecule has 5 nitrogen and oxygen atoms in total. The maximum absolute atomic E-state index is 12.2. The number of rotatable bonds is 4. The summed E-state index contributed by atoms with van der Waals surface area (Å²) in [6.07, 6.45) is 3.26. The van der Waals surface area contributed by atoms with Crippen LogP contribution in [0.2, 0.25) is 0 Å². The standard InChI is InChI=1S/C18H14BrN3O2/c1-12-16(3-2-10-20-12)24-17-9-8-15(11-21-17)22-18(23)13-4-6-14(19)7-5-13/h2-11H,1H3,(H,22,23). The Morgan fingerprint density at radius 1 is 1.08 bits per heavy atom. The lowest BCUT2D eigenvalue weighted by molar-refractivity contribution is 0.102. The number of nitrogens with one attached hydrogen (secondary N) is 1. The Morgan fingerprint density at radius 3 is 2.54 bits per heavy atom. The Morgan fingerprint density at radius 2 is 1.88 bits per heavy atom. The topological polar surface area (TPSA) is 64.1 Å². The molecule has 120 valence electrons. The van der Waals surface area contributed by atoms with E-state index >= 15 is 0 Å². The lowest BCUT2D eigenvalue weighted by Crippen LogP contribution is -2.11. The highest BCUT2D eigenvalue weighted by Gasteiger charge is 2.07. The van der Waals surface area contributed by atoms with Crippen molar-refractivity contribution in [2.75, 3.05) is 5.32 Å². The number of hydrogen-bond donors (Lipinski definition) is 1. The Bertz CT molecular complexity index is 849. The molecule has 0 aliphatic heterocycles. The minimum atomic E-state index is -0.193. The fourth-order valence-corrected chi connectivity index (χ4v) is 2.27. The second-order valence-corrected chi connectivity index (χ2v) is 5.95. The van der Waals surface area contributed by atoms with Crippen molar-refractivity contribution in [3.63, 3.8) is 0 Å². The van der Waals surface area contributed by atoms with Crippen LogP contribution in [-0.2, 0) is 0 Å². The highest BCUT2D eigenvalue weighted by atomic mass is 79.9. The van der Waals surface area contributed by atoms with Crippen LogP contribution >= 0.6 is 15.9 Å². The van der Waals surface area contributed by atoms with Gasteiger partial charge in [0.1, 0.15) is 0 Å². The van der Waals surface area contributed by atoms with Crippen molar-refractivity contribution in [2.24, 2.45) is 0 Å². The number of amides is 1. The maximum atomic E-state index is 12.2. The summed E-state index contributed by atoms with van der Waals surface area (Å²) >= 11 is 3.34. The molecule has 3 rings (SSSR count). The molecule has 0 saturated heterocycles. The fraction of sp³-hybridized carbons (Fsp3) is 0.0556. The summed E-state index contributed by atoms with van der Waals surface area (Å²) in [5.74, 6) is 0.894. The zero-order chi connectivity index (χ0) is 16.9. The van der Waals surface area contributed by atoms with Gasteiger partial charge in [-0.05, 0) is 49.4 Å². The number of nitrogens with zero attached hydrogens (tertiary/aromatic N) is 2. The van der Waals surface area contributed by atoms with Gasteiger partial charge < -0.3 is 10.1 Å². The van der Waals surface area contributed by atoms with E-state index in [9.17, 15) is 4.79 Å². The van der Waals surface area contributed by atoms with Gasteiger partial charge in [-0.3, -0.25) is 9.78 Å². The third-order valence-electron chi connectivity index (χ3n) is 3.27. The van der Waals surface area contributed by atoms with Crippen LogP contribution in [0.4, 0.5) is 5.69 Å². The van der Waals surface area contributed by atoms with E-state index in [1.807, 2.05) is 25.1 Å². The van der Waals surface area contributed by atoms with E-state index in [1.54, 1.807) is 42.7 Å². The third-order valence-corrected chi connectivity index (χ3v) is 3.80. The van der Waals surface area contributed by atoms with Crippen LogP contribution in [0.15, 0.2) is 65.4 Å². The molecule has 0 bridgehead atoms. The molecule has 0 fully saturated rings. The SMILES string of the molecule is Cc1ncccc1Oc1ccc(NC(=O)c2ccc(Br)cc2)cn1. The summed E-state index contributed by atoms with van der Waals surface area (Å²) in [5, 5.41) is 2.80. The van der Waals surface area contributed by atoms with E-state index in [0.717, 1.165) is 10.2 Å². The van der Waals surface area contributed by atoms with Gasteiger partial charge in [-0.1, -0.05) is 15.9 Å². The first-order valence-corrected chi connectivity index (χ1v) is 8.03. The summed E-state index contributed by atoms with van der Waals surface area (Å²) in [6, 6.07) is 14.2. The summed E-state index contributed by atoms with van der Waals surface area (Å²) in [4.78, 5) is 20.5. The van der Waals surface area contributed by atoms with Crippen molar-refractivity contribution >= 4 is 27.5 Å². The number of carbonyl (C=O) groups excluding carboxylic acids is 1. The number of anilines is 1. The number of benzene rings is 1. The van der Waals surface area contributed by atoms with Crippen molar-refractivity contribution < 1.29 is 9.53 Å². The zero-order valence-electron chi connectivity index (χ0n) is 12.9. The van der Waals surface area contributed by atoms with Crippen molar-refractivity contribution in [3.05, 3.63) is 76.7 Å². The summed E-state index contributed by atoms with van der Waals surface area (Å²) in [7, 11) is 0. The lowest BCUT2D eigenvalue weighted by atomic mass is 10.2. The molecule has 2 heterocycles. The number of pyridine rings is 2. The molecule has 0 saturated carbocycles. The molecule has 0 aliphatic rings. The molecule has 1 N–H and O–H groups in total. The minimum Gasteiger partial charge on any atom is -0.437 e. The molecule has 0 unspecified atom stereocenters. The molecule has 0 atom stereocenters. The van der Waals surface area contributed by atoms with Gasteiger partial charge in [0, 0.05) is 22.3 Å². The van der Waals surface area contributed by atoms with E-state index in [2.05, 4.69) is 31.2 Å². The van der Waals surface area contributed by atoms with Gasteiger partial charge >= 0.3 is 0 Å². The quantitative estimate of drug-likeness (QED) is 0.715. The Balaban J connectivity index is 1.67. The number of carbonyl (C=O) groups is 1. The molecular formula is C18H14BrN3O2. The van der Waals surface area contributed by atoms with Crippen LogP contribution in [0.5, 0.6) is 11.6 Å². The minimum absolute atomic E-state index is 0.193. The predicted molar refractivity (Wildman–Crippen MR) is 95.4 cm³/mol. The van der Waals surface area contributed by atoms with Crippen molar-refractivity contribution in [2.45, 2.75) is 6.92 Å². The van der Waals surface area contributed by atoms with Gasteiger partial charge in [0.05, 0.1) is 17.6 Å². The largest absolute Gasteiger partial charge is 0.437 e. The smallest absolute Gasteiger partial charge is 0.255 e. The number of aromatic nitrogens is 2. The molecule has 2 aromatic heterocycles. The molecule has 3 aromatic rings. The van der Waals surface area contributed by atoms with E-state index < -0.39 is 0 Å². The number of aryl methyl sites for hydroxylation is 1. The second-order valence-electron chi connectivity index (χ2n) is 5.04. The number of halogens is 1. The Kier molecular flexibility index (Phi) is 4.86. The molecule has 24 heavy (non-hydrogen) atoms. The summed E-state index contributed by atoms with van der Waals surface area (Å²) < 4.78 is 6.60. The Hall–Kier alpha value is -2.73. The van der Waals surface area contributed by atoms with Crippen LogP contribution < -0.4 is 10.1 Å². The molecule has 0 radical (unpaired) electrons. The predicted octanol–water partition coefficient (Wildman–Crippen LogP) is 4.59. The maximum Gasteiger partial charge on any atom is 0.255 e. The zero-order valence-corrected chi connectivity index (χ0v) is 14.4. The highest BCUT2D eigenvalue weighted by molar-refractivity contribution is 9.10. The van der Waals surface area contributed by atoms with Crippen LogP contribution in [0.1, 0.15) is 16.1 Å². The first kappa shape index (κ1) is 16.1. The average molecular weight is 384 g/mol. The second kappa shape index (κ2) is 7.23. The van der Waals surface area contributed by atoms with Crippen molar-refractivity contribution in [1.29, 1.82) is 0 Å². The molecule has 6 heteroatoms. The molecule has 1 amide bonds.